The van der Waals surface area contributed by atoms with Crippen LogP contribution in [0.1, 0.15) is 10.5 Å². The van der Waals surface area contributed by atoms with E-state index in [2.05, 4.69) is 4.98 Å². The van der Waals surface area contributed by atoms with Gasteiger partial charge in [0.05, 0.1) is 0 Å². The molecule has 2 aromatic rings. The number of benzene rings is 1. The molecule has 0 bridgehead atoms. The number of carboxylic acids is 1. The van der Waals surface area contributed by atoms with Crippen LogP contribution < -0.4 is 0 Å². The molecular formula is C13H10F2N2O3. The molecule has 1 amide bonds. The number of likely N-dealkylation sites (N-methyl/N-ethyl adjacent to an activating group) is 1. The van der Waals surface area contributed by atoms with Gasteiger partial charge in [0.2, 0.25) is 0 Å². The number of carbonyl (C=O) groups is 2. The van der Waals surface area contributed by atoms with E-state index in [1.165, 1.54) is 19.3 Å². The number of hydrogen-bond donors (Lipinski definition) is 1. The van der Waals surface area contributed by atoms with Gasteiger partial charge < -0.3 is 10.0 Å². The molecule has 0 aliphatic heterocycles. The first-order valence-electron chi connectivity index (χ1n) is 5.61. The van der Waals surface area contributed by atoms with E-state index in [4.69, 9.17) is 5.11 Å². The van der Waals surface area contributed by atoms with Crippen LogP contribution in [0, 0.1) is 11.6 Å². The summed E-state index contributed by atoms with van der Waals surface area (Å²) in [5, 5.41) is 8.70. The van der Waals surface area contributed by atoms with Gasteiger partial charge in [0.1, 0.15) is 23.9 Å². The number of pyridine rings is 1. The Bertz CT molecular complexity index is 703. The maximum Gasteiger partial charge on any atom is 0.323 e. The largest absolute Gasteiger partial charge is 0.480 e. The number of halogens is 2. The van der Waals surface area contributed by atoms with Crippen molar-refractivity contribution in [2.75, 3.05) is 13.6 Å². The number of hydrogen-bond acceptors (Lipinski definition) is 3. The van der Waals surface area contributed by atoms with Crippen molar-refractivity contribution in [3.63, 3.8) is 0 Å². The number of aliphatic carboxylic acids is 1. The Morgan fingerprint density at radius 1 is 1.30 bits per heavy atom. The molecule has 0 spiro atoms. The van der Waals surface area contributed by atoms with Crippen molar-refractivity contribution >= 4 is 22.6 Å². The number of carboxylic acid groups (broad SMARTS) is 1. The van der Waals surface area contributed by atoms with Crippen molar-refractivity contribution in [3.8, 4) is 0 Å². The molecule has 1 heterocycles. The fraction of sp³-hybridized carbons (Fsp3) is 0.154. The summed E-state index contributed by atoms with van der Waals surface area (Å²) in [6.07, 6.45) is 1.21. The van der Waals surface area contributed by atoms with Crippen LogP contribution in [0.2, 0.25) is 0 Å². The summed E-state index contributed by atoms with van der Waals surface area (Å²) >= 11 is 0. The highest BCUT2D eigenvalue weighted by molar-refractivity contribution is 6.05. The van der Waals surface area contributed by atoms with Crippen LogP contribution in [0.25, 0.3) is 10.8 Å². The van der Waals surface area contributed by atoms with Crippen LogP contribution in [0.15, 0.2) is 24.4 Å². The van der Waals surface area contributed by atoms with E-state index in [0.717, 1.165) is 11.0 Å². The van der Waals surface area contributed by atoms with Gasteiger partial charge in [-0.15, -0.1) is 0 Å². The topological polar surface area (TPSA) is 70.5 Å². The normalized spacial score (nSPS) is 10.6. The average Bonchev–Trinajstić information content (AvgIpc) is 2.36. The van der Waals surface area contributed by atoms with Gasteiger partial charge >= 0.3 is 5.97 Å². The lowest BCUT2D eigenvalue weighted by molar-refractivity contribution is -0.137. The SMILES string of the molecule is CN(CC(=O)O)C(=O)c1nccc2c(F)cc(F)cc12. The van der Waals surface area contributed by atoms with Gasteiger partial charge in [0, 0.05) is 30.1 Å². The molecule has 0 saturated carbocycles. The van der Waals surface area contributed by atoms with Gasteiger partial charge in [-0.3, -0.25) is 14.6 Å². The molecule has 0 saturated heterocycles. The summed E-state index contributed by atoms with van der Waals surface area (Å²) in [7, 11) is 1.27. The molecule has 0 unspecified atom stereocenters. The predicted molar refractivity (Wildman–Crippen MR) is 66.3 cm³/mol. The molecule has 1 aromatic carbocycles. The smallest absolute Gasteiger partial charge is 0.323 e. The second kappa shape index (κ2) is 5.20. The second-order valence-corrected chi connectivity index (χ2v) is 4.20. The first-order chi connectivity index (χ1) is 9.40. The van der Waals surface area contributed by atoms with E-state index < -0.39 is 30.1 Å². The maximum atomic E-state index is 13.6. The minimum atomic E-state index is -1.20. The summed E-state index contributed by atoms with van der Waals surface area (Å²) in [6.45, 7) is -0.533. The molecule has 0 aliphatic rings. The molecule has 104 valence electrons. The zero-order chi connectivity index (χ0) is 14.9. The van der Waals surface area contributed by atoms with Crippen LogP contribution in [0.3, 0.4) is 0 Å². The van der Waals surface area contributed by atoms with Crippen molar-refractivity contribution in [1.29, 1.82) is 0 Å². The molecular weight excluding hydrogens is 270 g/mol. The molecule has 0 aliphatic carbocycles. The van der Waals surface area contributed by atoms with Crippen molar-refractivity contribution in [1.82, 2.24) is 9.88 Å². The second-order valence-electron chi connectivity index (χ2n) is 4.20. The van der Waals surface area contributed by atoms with E-state index >= 15 is 0 Å². The monoisotopic (exact) mass is 280 g/mol. The number of carbonyl (C=O) groups excluding carboxylic acids is 1. The molecule has 0 atom stereocenters. The number of rotatable bonds is 3. The minimum Gasteiger partial charge on any atom is -0.480 e. The highest BCUT2D eigenvalue weighted by atomic mass is 19.1. The molecule has 5 nitrogen and oxygen atoms in total. The van der Waals surface area contributed by atoms with Crippen molar-refractivity contribution < 1.29 is 23.5 Å². The molecule has 7 heteroatoms. The molecule has 1 N–H and O–H groups in total. The Kier molecular flexibility index (Phi) is 3.60. The van der Waals surface area contributed by atoms with E-state index in [1.54, 1.807) is 0 Å². The van der Waals surface area contributed by atoms with Gasteiger partial charge in [-0.2, -0.15) is 0 Å². The van der Waals surface area contributed by atoms with Gasteiger partial charge in [-0.1, -0.05) is 0 Å². The highest BCUT2D eigenvalue weighted by Gasteiger charge is 2.19. The molecule has 20 heavy (non-hydrogen) atoms. The summed E-state index contributed by atoms with van der Waals surface area (Å²) in [5.74, 6) is -3.56. The average molecular weight is 280 g/mol. The Labute approximate surface area is 112 Å². The Morgan fingerprint density at radius 2 is 2.00 bits per heavy atom. The number of aromatic nitrogens is 1. The molecule has 0 fully saturated rings. The Morgan fingerprint density at radius 3 is 2.65 bits per heavy atom. The van der Waals surface area contributed by atoms with Crippen molar-refractivity contribution in [2.24, 2.45) is 0 Å². The quantitative estimate of drug-likeness (QED) is 0.928. The summed E-state index contributed by atoms with van der Waals surface area (Å²) in [4.78, 5) is 27.4. The van der Waals surface area contributed by atoms with Crippen molar-refractivity contribution in [3.05, 3.63) is 41.7 Å². The van der Waals surface area contributed by atoms with E-state index in [1.807, 2.05) is 0 Å². The molecule has 2 rings (SSSR count). The molecule has 0 radical (unpaired) electrons. The first-order valence-corrected chi connectivity index (χ1v) is 5.61. The zero-order valence-corrected chi connectivity index (χ0v) is 10.4. The summed E-state index contributed by atoms with van der Waals surface area (Å²) in [5.41, 5.74) is -0.190. The Balaban J connectivity index is 2.54. The lowest BCUT2D eigenvalue weighted by Crippen LogP contribution is -2.32. The van der Waals surface area contributed by atoms with Gasteiger partial charge in [-0.05, 0) is 12.1 Å². The third-order valence-electron chi connectivity index (χ3n) is 2.72. The Hall–Kier alpha value is -2.57. The summed E-state index contributed by atoms with van der Waals surface area (Å²) in [6, 6.07) is 3.02. The standard InChI is InChI=1S/C13H10F2N2O3/c1-17(6-11(18)19)13(20)12-9-4-7(14)5-10(15)8(9)2-3-16-12/h2-5H,6H2,1H3,(H,18,19). The van der Waals surface area contributed by atoms with E-state index in [9.17, 15) is 18.4 Å². The molecule has 1 aromatic heterocycles. The third-order valence-corrected chi connectivity index (χ3v) is 2.72. The van der Waals surface area contributed by atoms with E-state index in [0.29, 0.717) is 6.07 Å². The van der Waals surface area contributed by atoms with Gasteiger partial charge in [-0.25, -0.2) is 8.78 Å². The highest BCUT2D eigenvalue weighted by Crippen LogP contribution is 2.22. The fourth-order valence-electron chi connectivity index (χ4n) is 1.83. The lowest BCUT2D eigenvalue weighted by atomic mass is 10.1. The van der Waals surface area contributed by atoms with Gasteiger partial charge in [0.25, 0.3) is 5.91 Å². The predicted octanol–water partition coefficient (Wildman–Crippen LogP) is 1.67. The minimum absolute atomic E-state index is 0.00670. The lowest BCUT2D eigenvalue weighted by Gasteiger charge is -2.15. The van der Waals surface area contributed by atoms with Crippen LogP contribution in [0.5, 0.6) is 0 Å². The third kappa shape index (κ3) is 2.56. The zero-order valence-electron chi connectivity index (χ0n) is 10.4. The number of nitrogens with zero attached hydrogens (tertiary/aromatic N) is 2. The van der Waals surface area contributed by atoms with Crippen molar-refractivity contribution in [2.45, 2.75) is 0 Å². The van der Waals surface area contributed by atoms with Crippen LogP contribution in [0.4, 0.5) is 8.78 Å². The van der Waals surface area contributed by atoms with E-state index in [-0.39, 0.29) is 16.5 Å². The summed E-state index contributed by atoms with van der Waals surface area (Å²) < 4.78 is 26.9. The maximum absolute atomic E-state index is 13.6. The van der Waals surface area contributed by atoms with Crippen LogP contribution in [-0.4, -0.2) is 40.5 Å². The first kappa shape index (κ1) is 13.9. The fourth-order valence-corrected chi connectivity index (χ4v) is 1.83. The number of amides is 1. The van der Waals surface area contributed by atoms with Gasteiger partial charge in [0.15, 0.2) is 0 Å². The van der Waals surface area contributed by atoms with Crippen LogP contribution in [-0.2, 0) is 4.79 Å². The van der Waals surface area contributed by atoms with Crippen LogP contribution >= 0.6 is 0 Å². The number of fused-ring (bicyclic) bond motifs is 1.